The third kappa shape index (κ3) is 7.08. The summed E-state index contributed by atoms with van der Waals surface area (Å²) in [7, 11) is 0. The zero-order valence-electron chi connectivity index (χ0n) is 15.6. The van der Waals surface area contributed by atoms with Gasteiger partial charge in [-0.1, -0.05) is 42.5 Å². The maximum atomic E-state index is 12.2. The molecule has 7 heteroatoms. The topological polar surface area (TPSA) is 67.2 Å². The maximum Gasteiger partial charge on any atom is 0.261 e. The molecule has 0 fully saturated rings. The van der Waals surface area contributed by atoms with Crippen LogP contribution in [0.1, 0.15) is 27.2 Å². The molecule has 28 heavy (non-hydrogen) atoms. The van der Waals surface area contributed by atoms with Crippen molar-refractivity contribution < 1.29 is 4.79 Å². The summed E-state index contributed by atoms with van der Waals surface area (Å²) >= 11 is 1.54. The third-order valence-corrected chi connectivity index (χ3v) is 5.43. The molecule has 0 bridgehead atoms. The number of amides is 1. The van der Waals surface area contributed by atoms with Gasteiger partial charge in [0.05, 0.1) is 4.88 Å². The number of aryl methyl sites for hydroxylation is 1. The van der Waals surface area contributed by atoms with Gasteiger partial charge in [-0.2, -0.15) is 0 Å². The van der Waals surface area contributed by atoms with Gasteiger partial charge in [0.1, 0.15) is 0 Å². The highest BCUT2D eigenvalue weighted by Crippen LogP contribution is 2.24. The van der Waals surface area contributed by atoms with Gasteiger partial charge in [0.25, 0.3) is 5.91 Å². The van der Waals surface area contributed by atoms with Crippen molar-refractivity contribution in [1.29, 1.82) is 0 Å². The quantitative estimate of drug-likeness (QED) is 0.438. The zero-order chi connectivity index (χ0) is 18.2. The molecule has 3 aromatic rings. The number of rotatable bonds is 9. The average molecular weight is 440 g/mol. The van der Waals surface area contributed by atoms with Gasteiger partial charge in [0.15, 0.2) is 0 Å². The fraction of sp³-hybridized carbons (Fsp3) is 0.286. The number of carbonyl (C=O) groups excluding carboxylic acids is 1. The van der Waals surface area contributed by atoms with E-state index in [1.165, 1.54) is 22.5 Å². The van der Waals surface area contributed by atoms with Gasteiger partial charge in [-0.05, 0) is 48.0 Å². The molecule has 0 saturated heterocycles. The smallest absolute Gasteiger partial charge is 0.261 e. The molecule has 0 saturated carbocycles. The Bertz CT molecular complexity index is 819. The summed E-state index contributed by atoms with van der Waals surface area (Å²) < 4.78 is 1.15. The van der Waals surface area contributed by atoms with Crippen molar-refractivity contribution in [2.24, 2.45) is 5.73 Å². The number of hydrogen-bond donors (Lipinski definition) is 3. The Morgan fingerprint density at radius 3 is 2.36 bits per heavy atom. The van der Waals surface area contributed by atoms with E-state index in [1.807, 2.05) is 30.3 Å². The van der Waals surface area contributed by atoms with Crippen LogP contribution < -0.4 is 16.4 Å². The number of halogens is 2. The normalized spacial score (nSPS) is 10.2. The molecule has 152 valence electrons. The number of nitrogens with two attached hydrogens (primary N) is 1. The minimum Gasteiger partial charge on any atom is -0.350 e. The van der Waals surface area contributed by atoms with Crippen LogP contribution >= 0.6 is 36.2 Å². The number of carbonyl (C=O) groups is 1. The van der Waals surface area contributed by atoms with Crippen LogP contribution in [0.2, 0.25) is 0 Å². The van der Waals surface area contributed by atoms with Gasteiger partial charge in [0.2, 0.25) is 0 Å². The lowest BCUT2D eigenvalue weighted by atomic mass is 10.1. The molecule has 1 heterocycles. The third-order valence-electron chi connectivity index (χ3n) is 4.31. The van der Waals surface area contributed by atoms with Crippen molar-refractivity contribution in [2.45, 2.75) is 19.4 Å². The molecule has 0 spiro atoms. The molecule has 4 nitrogen and oxygen atoms in total. The van der Waals surface area contributed by atoms with Gasteiger partial charge in [0, 0.05) is 24.3 Å². The van der Waals surface area contributed by atoms with E-state index in [0.29, 0.717) is 13.1 Å². The average Bonchev–Trinajstić information content (AvgIpc) is 3.12. The maximum absolute atomic E-state index is 12.2. The molecule has 3 rings (SSSR count). The van der Waals surface area contributed by atoms with Crippen LogP contribution in [0.4, 0.5) is 0 Å². The van der Waals surface area contributed by atoms with E-state index in [1.54, 1.807) is 0 Å². The van der Waals surface area contributed by atoms with Crippen molar-refractivity contribution in [3.8, 4) is 0 Å². The first-order valence-electron chi connectivity index (χ1n) is 9.01. The molecular weight excluding hydrogens is 413 g/mol. The van der Waals surface area contributed by atoms with E-state index in [0.717, 1.165) is 40.9 Å². The Balaban J connectivity index is 0.00000196. The minimum absolute atomic E-state index is 0. The zero-order valence-corrected chi connectivity index (χ0v) is 18.1. The lowest BCUT2D eigenvalue weighted by molar-refractivity contribution is 0.0958. The summed E-state index contributed by atoms with van der Waals surface area (Å²) in [6, 6.07) is 18.5. The van der Waals surface area contributed by atoms with Crippen molar-refractivity contribution >= 4 is 52.1 Å². The highest BCUT2D eigenvalue weighted by Gasteiger charge is 2.08. The van der Waals surface area contributed by atoms with Crippen LogP contribution in [0, 0.1) is 0 Å². The molecule has 0 unspecified atom stereocenters. The molecule has 4 N–H and O–H groups in total. The summed E-state index contributed by atoms with van der Waals surface area (Å²) in [6.07, 6.45) is 2.12. The summed E-state index contributed by atoms with van der Waals surface area (Å²) in [4.78, 5) is 13.0. The Morgan fingerprint density at radius 2 is 1.64 bits per heavy atom. The monoisotopic (exact) mass is 439 g/mol. The fourth-order valence-corrected chi connectivity index (χ4v) is 3.81. The van der Waals surface area contributed by atoms with Crippen molar-refractivity contribution in [3.63, 3.8) is 0 Å². The largest absolute Gasteiger partial charge is 0.350 e. The Hall–Kier alpha value is -1.63. The van der Waals surface area contributed by atoms with E-state index in [2.05, 4.69) is 34.9 Å². The van der Waals surface area contributed by atoms with E-state index >= 15 is 0 Å². The Kier molecular flexibility index (Phi) is 11.1. The first-order valence-corrected chi connectivity index (χ1v) is 9.83. The van der Waals surface area contributed by atoms with Gasteiger partial charge < -0.3 is 16.4 Å². The predicted octanol–water partition coefficient (Wildman–Crippen LogP) is 4.16. The Morgan fingerprint density at radius 1 is 0.929 bits per heavy atom. The molecule has 0 radical (unpaired) electrons. The van der Waals surface area contributed by atoms with Crippen LogP contribution in [0.5, 0.6) is 0 Å². The molecule has 1 amide bonds. The minimum atomic E-state index is 0. The second-order valence-electron chi connectivity index (χ2n) is 6.28. The second-order valence-corrected chi connectivity index (χ2v) is 7.36. The van der Waals surface area contributed by atoms with Crippen molar-refractivity contribution in [1.82, 2.24) is 10.6 Å². The van der Waals surface area contributed by atoms with Crippen molar-refractivity contribution in [3.05, 3.63) is 70.6 Å². The van der Waals surface area contributed by atoms with E-state index < -0.39 is 0 Å². The van der Waals surface area contributed by atoms with Crippen LogP contribution in [-0.4, -0.2) is 25.5 Å². The summed E-state index contributed by atoms with van der Waals surface area (Å²) in [6.45, 7) is 2.95. The second kappa shape index (κ2) is 12.8. The molecule has 0 aliphatic carbocycles. The standard InChI is InChI=1S/C21H25N3OS.2ClH/c22-15-17-9-7-16(8-10-17)4-3-11-23-12-13-24-21(25)20-14-18-5-1-2-6-19(18)26-20;;/h1-2,5-10,14,23H,3-4,11-13,15,22H2,(H,24,25);2*1H. The molecule has 0 aliphatic heterocycles. The number of benzene rings is 2. The highest BCUT2D eigenvalue weighted by atomic mass is 35.5. The van der Waals surface area contributed by atoms with Gasteiger partial charge in [-0.25, -0.2) is 0 Å². The predicted molar refractivity (Wildman–Crippen MR) is 124 cm³/mol. The van der Waals surface area contributed by atoms with Crippen LogP contribution in [0.3, 0.4) is 0 Å². The Labute approximate surface area is 182 Å². The first-order chi connectivity index (χ1) is 12.8. The lowest BCUT2D eigenvalue weighted by Crippen LogP contribution is -2.31. The summed E-state index contributed by atoms with van der Waals surface area (Å²) in [5.74, 6) is 0.00740. The number of nitrogens with one attached hydrogen (secondary N) is 2. The van der Waals surface area contributed by atoms with Crippen molar-refractivity contribution in [2.75, 3.05) is 19.6 Å². The highest BCUT2D eigenvalue weighted by molar-refractivity contribution is 7.20. The van der Waals surface area contributed by atoms with E-state index in [9.17, 15) is 4.79 Å². The molecular formula is C21H27Cl2N3OS. The van der Waals surface area contributed by atoms with Crippen LogP contribution in [0.25, 0.3) is 10.1 Å². The molecule has 0 atom stereocenters. The van der Waals surface area contributed by atoms with E-state index in [-0.39, 0.29) is 30.7 Å². The molecule has 2 aromatic carbocycles. The number of fused-ring (bicyclic) bond motifs is 1. The van der Waals surface area contributed by atoms with Gasteiger partial charge in [-0.15, -0.1) is 36.2 Å². The fourth-order valence-electron chi connectivity index (χ4n) is 2.83. The summed E-state index contributed by atoms with van der Waals surface area (Å²) in [5, 5.41) is 7.48. The van der Waals surface area contributed by atoms with Crippen LogP contribution in [0.15, 0.2) is 54.6 Å². The molecule has 0 aliphatic rings. The van der Waals surface area contributed by atoms with Gasteiger partial charge in [-0.3, -0.25) is 4.79 Å². The first kappa shape index (κ1) is 24.4. The number of hydrogen-bond acceptors (Lipinski definition) is 4. The summed E-state index contributed by atoms with van der Waals surface area (Å²) in [5.41, 5.74) is 8.11. The van der Waals surface area contributed by atoms with Gasteiger partial charge >= 0.3 is 0 Å². The SMILES string of the molecule is Cl.Cl.NCc1ccc(CCCNCCNC(=O)c2cc3ccccc3s2)cc1. The lowest BCUT2D eigenvalue weighted by Gasteiger charge is -2.06. The molecule has 1 aromatic heterocycles. The van der Waals surface area contributed by atoms with Crippen LogP contribution in [-0.2, 0) is 13.0 Å². The number of thiophene rings is 1. The van der Waals surface area contributed by atoms with E-state index in [4.69, 9.17) is 5.73 Å².